The van der Waals surface area contributed by atoms with Gasteiger partial charge >= 0.3 is 5.97 Å². The summed E-state index contributed by atoms with van der Waals surface area (Å²) in [5.41, 5.74) is 0.105. The molecule has 1 aliphatic rings. The first kappa shape index (κ1) is 8.15. The van der Waals surface area contributed by atoms with Gasteiger partial charge in [-0.2, -0.15) is 5.10 Å². The van der Waals surface area contributed by atoms with Crippen molar-refractivity contribution in [2.24, 2.45) is 0 Å². The number of aromatic nitrogens is 2. The first-order valence-corrected chi connectivity index (χ1v) is 3.66. The van der Waals surface area contributed by atoms with E-state index in [0.717, 1.165) is 4.68 Å². The van der Waals surface area contributed by atoms with Crippen molar-refractivity contribution in [1.29, 1.82) is 0 Å². The van der Waals surface area contributed by atoms with E-state index in [2.05, 4.69) is 5.10 Å². The zero-order chi connectivity index (χ0) is 9.64. The van der Waals surface area contributed by atoms with Crippen molar-refractivity contribution >= 4 is 5.97 Å². The van der Waals surface area contributed by atoms with Gasteiger partial charge in [-0.25, -0.2) is 13.6 Å². The molecule has 0 unspecified atom stereocenters. The smallest absolute Gasteiger partial charge is 0.356 e. The van der Waals surface area contributed by atoms with Crippen LogP contribution in [0.2, 0.25) is 0 Å². The first-order chi connectivity index (χ1) is 5.98. The summed E-state index contributed by atoms with van der Waals surface area (Å²) in [5, 5.41) is 12.0. The van der Waals surface area contributed by atoms with Crippen molar-refractivity contribution < 1.29 is 18.7 Å². The molecule has 70 valence electrons. The first-order valence-electron chi connectivity index (χ1n) is 3.66. The third-order valence-electron chi connectivity index (χ3n) is 1.90. The molecule has 0 aliphatic carbocycles. The van der Waals surface area contributed by atoms with Gasteiger partial charge in [-0.15, -0.1) is 0 Å². The fraction of sp³-hybridized carbons (Fsp3) is 0.429. The van der Waals surface area contributed by atoms with Gasteiger partial charge in [0, 0.05) is 5.69 Å². The molecule has 0 saturated carbocycles. The number of carboxylic acid groups (broad SMARTS) is 1. The summed E-state index contributed by atoms with van der Waals surface area (Å²) in [6, 6.07) is 1.18. The molecule has 13 heavy (non-hydrogen) atoms. The van der Waals surface area contributed by atoms with Crippen LogP contribution in [0.5, 0.6) is 0 Å². The van der Waals surface area contributed by atoms with Gasteiger partial charge in [0.2, 0.25) is 0 Å². The number of carboxylic acids is 1. The Morgan fingerprint density at radius 1 is 1.69 bits per heavy atom. The van der Waals surface area contributed by atoms with Gasteiger partial charge in [-0.3, -0.25) is 4.68 Å². The Kier molecular flexibility index (Phi) is 1.43. The lowest BCUT2D eigenvalue weighted by Crippen LogP contribution is -2.18. The van der Waals surface area contributed by atoms with Crippen LogP contribution >= 0.6 is 0 Å². The largest absolute Gasteiger partial charge is 0.476 e. The third kappa shape index (κ3) is 1.28. The fourth-order valence-corrected chi connectivity index (χ4v) is 1.38. The molecule has 1 N–H and O–H groups in total. The van der Waals surface area contributed by atoms with Crippen molar-refractivity contribution in [3.05, 3.63) is 17.5 Å². The highest BCUT2D eigenvalue weighted by Gasteiger charge is 2.39. The van der Waals surface area contributed by atoms with Crippen LogP contribution in [-0.4, -0.2) is 26.8 Å². The van der Waals surface area contributed by atoms with Gasteiger partial charge < -0.3 is 5.11 Å². The van der Waals surface area contributed by atoms with Crippen molar-refractivity contribution in [2.75, 3.05) is 0 Å². The van der Waals surface area contributed by atoms with Gasteiger partial charge in [0.25, 0.3) is 5.92 Å². The number of fused-ring (bicyclic) bond motifs is 1. The summed E-state index contributed by atoms with van der Waals surface area (Å²) in [6.45, 7) is -0.518. The maximum Gasteiger partial charge on any atom is 0.356 e. The molecule has 1 aliphatic heterocycles. The molecular formula is C7H6F2N2O2. The minimum atomic E-state index is -2.78. The van der Waals surface area contributed by atoms with Crippen molar-refractivity contribution in [1.82, 2.24) is 9.78 Å². The monoisotopic (exact) mass is 188 g/mol. The Bertz CT molecular complexity index is 347. The van der Waals surface area contributed by atoms with E-state index >= 15 is 0 Å². The molecule has 0 fully saturated rings. The van der Waals surface area contributed by atoms with Crippen LogP contribution in [0.4, 0.5) is 8.78 Å². The second-order valence-corrected chi connectivity index (χ2v) is 3.02. The van der Waals surface area contributed by atoms with E-state index in [-0.39, 0.29) is 11.4 Å². The third-order valence-corrected chi connectivity index (χ3v) is 1.90. The van der Waals surface area contributed by atoms with E-state index in [1.54, 1.807) is 0 Å². The topological polar surface area (TPSA) is 55.1 Å². The molecule has 0 atom stereocenters. The molecule has 0 radical (unpaired) electrons. The Hall–Kier alpha value is -1.46. The lowest BCUT2D eigenvalue weighted by molar-refractivity contribution is 0.000714. The zero-order valence-corrected chi connectivity index (χ0v) is 6.50. The summed E-state index contributed by atoms with van der Waals surface area (Å²) in [5.74, 6) is -3.97. The van der Waals surface area contributed by atoms with E-state index in [1.165, 1.54) is 6.07 Å². The average molecular weight is 188 g/mol. The highest BCUT2D eigenvalue weighted by Crippen LogP contribution is 2.29. The van der Waals surface area contributed by atoms with Crippen LogP contribution in [0, 0.1) is 0 Å². The summed E-state index contributed by atoms with van der Waals surface area (Å²) in [6.07, 6.45) is -0.423. The van der Waals surface area contributed by atoms with E-state index in [9.17, 15) is 13.6 Å². The number of carbonyl (C=O) groups is 1. The van der Waals surface area contributed by atoms with Crippen molar-refractivity contribution in [2.45, 2.75) is 18.9 Å². The second-order valence-electron chi connectivity index (χ2n) is 3.02. The SMILES string of the molecule is O=C(O)c1cc2n(n1)CC(F)(F)C2. The van der Waals surface area contributed by atoms with Crippen molar-refractivity contribution in [3.8, 4) is 0 Å². The van der Waals surface area contributed by atoms with E-state index < -0.39 is 24.9 Å². The molecule has 2 heterocycles. The molecule has 0 amide bonds. The highest BCUT2D eigenvalue weighted by atomic mass is 19.3. The second kappa shape index (κ2) is 2.27. The van der Waals surface area contributed by atoms with Gasteiger partial charge in [0.15, 0.2) is 5.69 Å². The highest BCUT2D eigenvalue weighted by molar-refractivity contribution is 5.85. The fourth-order valence-electron chi connectivity index (χ4n) is 1.38. The quantitative estimate of drug-likeness (QED) is 0.708. The summed E-state index contributed by atoms with van der Waals surface area (Å²) in [4.78, 5) is 10.4. The zero-order valence-electron chi connectivity index (χ0n) is 6.50. The summed E-state index contributed by atoms with van der Waals surface area (Å²) < 4.78 is 26.4. The summed E-state index contributed by atoms with van der Waals surface area (Å²) >= 11 is 0. The predicted molar refractivity (Wildman–Crippen MR) is 37.8 cm³/mol. The molecule has 0 spiro atoms. The Morgan fingerprint density at radius 3 is 2.92 bits per heavy atom. The summed E-state index contributed by atoms with van der Waals surface area (Å²) in [7, 11) is 0. The molecule has 4 nitrogen and oxygen atoms in total. The molecule has 1 aromatic heterocycles. The van der Waals surface area contributed by atoms with E-state index in [0.29, 0.717) is 0 Å². The Morgan fingerprint density at radius 2 is 2.38 bits per heavy atom. The van der Waals surface area contributed by atoms with Crippen LogP contribution < -0.4 is 0 Å². The van der Waals surface area contributed by atoms with Crippen LogP contribution in [0.25, 0.3) is 0 Å². The maximum absolute atomic E-state index is 12.7. The molecule has 0 bridgehead atoms. The number of nitrogens with zero attached hydrogens (tertiary/aromatic N) is 2. The maximum atomic E-state index is 12.7. The number of rotatable bonds is 1. The Labute approximate surface area is 71.8 Å². The van der Waals surface area contributed by atoms with Gasteiger partial charge in [-0.05, 0) is 6.07 Å². The Balaban J connectivity index is 2.34. The molecule has 2 rings (SSSR count). The number of aromatic carboxylic acids is 1. The minimum Gasteiger partial charge on any atom is -0.476 e. The van der Waals surface area contributed by atoms with Crippen LogP contribution in [0.3, 0.4) is 0 Å². The van der Waals surface area contributed by atoms with Gasteiger partial charge in [0.1, 0.15) is 6.54 Å². The average Bonchev–Trinajstić information content (AvgIpc) is 2.39. The molecule has 6 heteroatoms. The normalized spacial score (nSPS) is 18.6. The minimum absolute atomic E-state index is 0.175. The lowest BCUT2D eigenvalue weighted by Gasteiger charge is -2.04. The number of alkyl halides is 2. The van der Waals surface area contributed by atoms with Crippen LogP contribution in [0.15, 0.2) is 6.07 Å². The molecular weight excluding hydrogens is 182 g/mol. The van der Waals surface area contributed by atoms with Gasteiger partial charge in [-0.1, -0.05) is 0 Å². The molecule has 0 aromatic carbocycles. The molecule has 0 saturated heterocycles. The number of halogens is 2. The standard InChI is InChI=1S/C7H6F2N2O2/c8-7(9)2-4-1-5(6(12)13)10-11(4)3-7/h1H,2-3H2,(H,12,13). The predicted octanol–water partition coefficient (Wildman–Crippen LogP) is 0.773. The number of hydrogen-bond acceptors (Lipinski definition) is 2. The van der Waals surface area contributed by atoms with Gasteiger partial charge in [0.05, 0.1) is 6.42 Å². The number of hydrogen-bond donors (Lipinski definition) is 1. The van der Waals surface area contributed by atoms with E-state index in [1.807, 2.05) is 0 Å². The van der Waals surface area contributed by atoms with Crippen LogP contribution in [-0.2, 0) is 13.0 Å². The molecule has 1 aromatic rings. The van der Waals surface area contributed by atoms with E-state index in [4.69, 9.17) is 5.11 Å². The van der Waals surface area contributed by atoms with Crippen molar-refractivity contribution in [3.63, 3.8) is 0 Å². The lowest BCUT2D eigenvalue weighted by atomic mass is 10.2. The van der Waals surface area contributed by atoms with Crippen LogP contribution in [0.1, 0.15) is 16.2 Å².